The SMILES string of the molecule is CC(C)(C)OC(=O)N1CCNC(c2ccc(OC(F)F)cc2F)C1. The third-order valence-electron chi connectivity index (χ3n) is 3.40. The number of nitrogens with one attached hydrogen (secondary N) is 1. The highest BCUT2D eigenvalue weighted by molar-refractivity contribution is 5.68. The van der Waals surface area contributed by atoms with Crippen LogP contribution in [0.1, 0.15) is 32.4 Å². The Morgan fingerprint density at radius 3 is 2.67 bits per heavy atom. The van der Waals surface area contributed by atoms with Gasteiger partial charge < -0.3 is 19.7 Å². The predicted molar refractivity (Wildman–Crippen MR) is 81.6 cm³/mol. The van der Waals surface area contributed by atoms with E-state index in [0.29, 0.717) is 13.1 Å². The second kappa shape index (κ2) is 7.29. The average Bonchev–Trinajstić information content (AvgIpc) is 2.45. The monoisotopic (exact) mass is 346 g/mol. The molecule has 1 atom stereocenters. The minimum Gasteiger partial charge on any atom is -0.444 e. The van der Waals surface area contributed by atoms with Gasteiger partial charge in [0.15, 0.2) is 0 Å². The normalized spacial score (nSPS) is 18.6. The van der Waals surface area contributed by atoms with Crippen LogP contribution in [0.2, 0.25) is 0 Å². The van der Waals surface area contributed by atoms with Crippen molar-refractivity contribution in [3.8, 4) is 5.75 Å². The molecule has 1 aliphatic rings. The van der Waals surface area contributed by atoms with E-state index in [9.17, 15) is 18.0 Å². The van der Waals surface area contributed by atoms with Crippen molar-refractivity contribution < 1.29 is 27.4 Å². The molecule has 0 bridgehead atoms. The molecule has 1 amide bonds. The van der Waals surface area contributed by atoms with E-state index in [1.165, 1.54) is 17.0 Å². The number of amides is 1. The minimum absolute atomic E-state index is 0.223. The van der Waals surface area contributed by atoms with Crippen LogP contribution in [0.5, 0.6) is 5.75 Å². The fourth-order valence-corrected chi connectivity index (χ4v) is 2.42. The van der Waals surface area contributed by atoms with E-state index in [4.69, 9.17) is 4.74 Å². The first-order valence-electron chi connectivity index (χ1n) is 7.61. The van der Waals surface area contributed by atoms with Gasteiger partial charge in [-0.15, -0.1) is 0 Å². The summed E-state index contributed by atoms with van der Waals surface area (Å²) in [6, 6.07) is 3.12. The number of piperazine rings is 1. The molecule has 0 saturated carbocycles. The Labute approximate surface area is 138 Å². The molecule has 8 heteroatoms. The van der Waals surface area contributed by atoms with E-state index in [1.54, 1.807) is 20.8 Å². The lowest BCUT2D eigenvalue weighted by Crippen LogP contribution is -2.49. The standard InChI is InChI=1S/C16H21F3N2O3/c1-16(2,3)24-15(22)21-7-6-20-13(9-21)11-5-4-10(8-12(11)17)23-14(18)19/h4-5,8,13-14,20H,6-7,9H2,1-3H3. The Morgan fingerprint density at radius 2 is 2.08 bits per heavy atom. The van der Waals surface area contributed by atoms with Crippen molar-refractivity contribution >= 4 is 6.09 Å². The van der Waals surface area contributed by atoms with Crippen LogP contribution in [0.25, 0.3) is 0 Å². The highest BCUT2D eigenvalue weighted by atomic mass is 19.3. The minimum atomic E-state index is -3.01. The van der Waals surface area contributed by atoms with Gasteiger partial charge in [-0.05, 0) is 26.8 Å². The van der Waals surface area contributed by atoms with Crippen LogP contribution < -0.4 is 10.1 Å². The Hall–Kier alpha value is -1.96. The molecule has 0 radical (unpaired) electrons. The molecule has 5 nitrogen and oxygen atoms in total. The lowest BCUT2D eigenvalue weighted by atomic mass is 10.0. The Bertz CT molecular complexity index is 590. The molecule has 2 rings (SSSR count). The van der Waals surface area contributed by atoms with Gasteiger partial charge in [0.1, 0.15) is 17.2 Å². The van der Waals surface area contributed by atoms with Crippen LogP contribution in [-0.2, 0) is 4.74 Å². The molecule has 1 N–H and O–H groups in total. The Kier molecular flexibility index (Phi) is 5.58. The van der Waals surface area contributed by atoms with E-state index in [0.717, 1.165) is 6.07 Å². The molecule has 1 fully saturated rings. The highest BCUT2D eigenvalue weighted by Crippen LogP contribution is 2.25. The van der Waals surface area contributed by atoms with Crippen molar-refractivity contribution in [3.63, 3.8) is 0 Å². The summed E-state index contributed by atoms with van der Waals surface area (Å²) in [5.41, 5.74) is -0.332. The summed E-state index contributed by atoms with van der Waals surface area (Å²) in [4.78, 5) is 13.6. The summed E-state index contributed by atoms with van der Waals surface area (Å²) in [6.07, 6.45) is -0.466. The molecule has 0 aromatic heterocycles. The van der Waals surface area contributed by atoms with Crippen molar-refractivity contribution in [2.45, 2.75) is 39.0 Å². The molecule has 1 aromatic rings. The topological polar surface area (TPSA) is 50.8 Å². The molecule has 0 aliphatic carbocycles. The molecule has 24 heavy (non-hydrogen) atoms. The number of alkyl halides is 2. The van der Waals surface area contributed by atoms with Gasteiger partial charge in [-0.1, -0.05) is 6.07 Å². The van der Waals surface area contributed by atoms with E-state index in [-0.39, 0.29) is 17.9 Å². The van der Waals surface area contributed by atoms with Crippen molar-refractivity contribution in [2.75, 3.05) is 19.6 Å². The van der Waals surface area contributed by atoms with E-state index >= 15 is 0 Å². The van der Waals surface area contributed by atoms with Crippen LogP contribution in [-0.4, -0.2) is 42.8 Å². The number of hydrogen-bond acceptors (Lipinski definition) is 4. The van der Waals surface area contributed by atoms with Gasteiger partial charge in [0.2, 0.25) is 0 Å². The number of hydrogen-bond donors (Lipinski definition) is 1. The molecule has 0 spiro atoms. The number of ether oxygens (including phenoxy) is 2. The zero-order valence-corrected chi connectivity index (χ0v) is 13.8. The van der Waals surface area contributed by atoms with Crippen molar-refractivity contribution in [1.82, 2.24) is 10.2 Å². The third kappa shape index (κ3) is 5.02. The van der Waals surface area contributed by atoms with Crippen LogP contribution in [0.15, 0.2) is 18.2 Å². The molecular formula is C16H21F3N2O3. The molecule has 1 aromatic carbocycles. The number of carbonyl (C=O) groups is 1. The average molecular weight is 346 g/mol. The summed E-state index contributed by atoms with van der Waals surface area (Å²) >= 11 is 0. The predicted octanol–water partition coefficient (Wildman–Crippen LogP) is 3.31. The maximum Gasteiger partial charge on any atom is 0.410 e. The summed E-state index contributed by atoms with van der Waals surface area (Å²) < 4.78 is 48.0. The van der Waals surface area contributed by atoms with Gasteiger partial charge in [0.25, 0.3) is 0 Å². The smallest absolute Gasteiger partial charge is 0.410 e. The van der Waals surface area contributed by atoms with Crippen LogP contribution in [0, 0.1) is 5.82 Å². The fourth-order valence-electron chi connectivity index (χ4n) is 2.42. The lowest BCUT2D eigenvalue weighted by molar-refractivity contribution is -0.0500. The maximum atomic E-state index is 14.2. The Balaban J connectivity index is 2.08. The quantitative estimate of drug-likeness (QED) is 0.912. The second-order valence-electron chi connectivity index (χ2n) is 6.49. The fraction of sp³-hybridized carbons (Fsp3) is 0.562. The Morgan fingerprint density at radius 1 is 1.38 bits per heavy atom. The first-order chi connectivity index (χ1) is 11.2. The lowest BCUT2D eigenvalue weighted by Gasteiger charge is -2.35. The maximum absolute atomic E-state index is 14.2. The molecule has 1 aliphatic heterocycles. The second-order valence-corrected chi connectivity index (χ2v) is 6.49. The molecule has 1 heterocycles. The van der Waals surface area contributed by atoms with E-state index in [2.05, 4.69) is 10.1 Å². The number of benzene rings is 1. The number of rotatable bonds is 3. The number of nitrogens with zero attached hydrogens (tertiary/aromatic N) is 1. The van der Waals surface area contributed by atoms with Crippen molar-refractivity contribution in [1.29, 1.82) is 0 Å². The van der Waals surface area contributed by atoms with Crippen molar-refractivity contribution in [3.05, 3.63) is 29.6 Å². The highest BCUT2D eigenvalue weighted by Gasteiger charge is 2.29. The first kappa shape index (κ1) is 18.4. The van der Waals surface area contributed by atoms with Crippen LogP contribution >= 0.6 is 0 Å². The number of halogens is 3. The van der Waals surface area contributed by atoms with Gasteiger partial charge >= 0.3 is 12.7 Å². The zero-order chi connectivity index (χ0) is 17.9. The van der Waals surface area contributed by atoms with Gasteiger partial charge in [-0.25, -0.2) is 9.18 Å². The number of carbonyl (C=O) groups excluding carboxylic acids is 1. The summed E-state index contributed by atoms with van der Waals surface area (Å²) in [5, 5.41) is 3.11. The first-order valence-corrected chi connectivity index (χ1v) is 7.61. The van der Waals surface area contributed by atoms with Gasteiger partial charge in [-0.3, -0.25) is 0 Å². The largest absolute Gasteiger partial charge is 0.444 e. The molecule has 1 unspecified atom stereocenters. The molecule has 134 valence electrons. The molecular weight excluding hydrogens is 325 g/mol. The van der Waals surface area contributed by atoms with Gasteiger partial charge in [0.05, 0.1) is 6.04 Å². The molecule has 1 saturated heterocycles. The van der Waals surface area contributed by atoms with Gasteiger partial charge in [0, 0.05) is 31.3 Å². The van der Waals surface area contributed by atoms with Crippen LogP contribution in [0.4, 0.5) is 18.0 Å². The summed E-state index contributed by atoms with van der Waals surface area (Å²) in [7, 11) is 0. The van der Waals surface area contributed by atoms with Crippen LogP contribution in [0.3, 0.4) is 0 Å². The summed E-state index contributed by atoms with van der Waals surface area (Å²) in [6.45, 7) is 3.44. The van der Waals surface area contributed by atoms with Gasteiger partial charge in [-0.2, -0.15) is 8.78 Å². The van der Waals surface area contributed by atoms with E-state index in [1.807, 2.05) is 0 Å². The van der Waals surface area contributed by atoms with E-state index < -0.39 is 30.2 Å². The summed E-state index contributed by atoms with van der Waals surface area (Å²) in [5.74, 6) is -0.914. The van der Waals surface area contributed by atoms with Crippen molar-refractivity contribution in [2.24, 2.45) is 0 Å². The third-order valence-corrected chi connectivity index (χ3v) is 3.40. The zero-order valence-electron chi connectivity index (χ0n) is 13.8.